The van der Waals surface area contributed by atoms with Gasteiger partial charge in [0.15, 0.2) is 5.75 Å². The summed E-state index contributed by atoms with van der Waals surface area (Å²) in [6.45, 7) is 2.26. The Bertz CT molecular complexity index is 588. The average molecular weight is 420 g/mol. The Morgan fingerprint density at radius 2 is 1.23 bits per heavy atom. The molecule has 0 aliphatic rings. The average Bonchev–Trinajstić information content (AvgIpc) is 2.75. The lowest BCUT2D eigenvalue weighted by Gasteiger charge is -2.09. The molecule has 0 fully saturated rings. The third-order valence-electron chi connectivity index (χ3n) is 5.40. The number of aromatic carboxylic acids is 1. The van der Waals surface area contributed by atoms with E-state index in [9.17, 15) is 9.59 Å². The number of hydrogen-bond donors (Lipinski definition) is 2. The van der Waals surface area contributed by atoms with Crippen LogP contribution in [-0.2, 0) is 4.79 Å². The van der Waals surface area contributed by atoms with E-state index in [2.05, 4.69) is 12.4 Å². The van der Waals surface area contributed by atoms with E-state index in [1.54, 1.807) is 12.1 Å². The highest BCUT2D eigenvalue weighted by Gasteiger charge is 2.11. The van der Waals surface area contributed by atoms with Gasteiger partial charge >= 0.3 is 5.97 Å². The molecule has 1 aromatic carbocycles. The Kier molecular flexibility index (Phi) is 15.4. The standard InChI is InChI=1S/C25H41NO4/c1-2-3-4-5-6-7-8-9-10-11-12-13-14-15-16-21-24(27)26-30-23-20-18-17-19-22(23)25(28)29/h17-20H,2-16,21H2,1H3,(H,26,27)(H,28,29). The number of hydroxylamine groups is 1. The van der Waals surface area contributed by atoms with Crippen molar-refractivity contribution in [3.8, 4) is 5.75 Å². The molecule has 0 heterocycles. The quantitative estimate of drug-likeness (QED) is 0.186. The predicted octanol–water partition coefficient (Wildman–Crippen LogP) is 7.06. The summed E-state index contributed by atoms with van der Waals surface area (Å²) >= 11 is 0. The van der Waals surface area contributed by atoms with Crippen molar-refractivity contribution in [3.63, 3.8) is 0 Å². The first-order chi connectivity index (χ1) is 14.6. The Hall–Kier alpha value is -2.04. The number of para-hydroxylation sites is 1. The molecule has 2 N–H and O–H groups in total. The zero-order chi connectivity index (χ0) is 21.9. The van der Waals surface area contributed by atoms with Crippen LogP contribution in [0.1, 0.15) is 120 Å². The number of rotatable bonds is 19. The van der Waals surface area contributed by atoms with Crippen molar-refractivity contribution in [2.75, 3.05) is 0 Å². The fourth-order valence-corrected chi connectivity index (χ4v) is 3.55. The van der Waals surface area contributed by atoms with Gasteiger partial charge in [-0.25, -0.2) is 4.79 Å². The van der Waals surface area contributed by atoms with E-state index in [4.69, 9.17) is 9.94 Å². The van der Waals surface area contributed by atoms with E-state index >= 15 is 0 Å². The molecule has 30 heavy (non-hydrogen) atoms. The number of amides is 1. The number of carbonyl (C=O) groups is 2. The maximum Gasteiger partial charge on any atom is 0.339 e. The zero-order valence-electron chi connectivity index (χ0n) is 18.8. The third-order valence-corrected chi connectivity index (χ3v) is 5.40. The maximum atomic E-state index is 11.8. The van der Waals surface area contributed by atoms with E-state index in [1.165, 1.54) is 89.2 Å². The first-order valence-corrected chi connectivity index (χ1v) is 11.9. The summed E-state index contributed by atoms with van der Waals surface area (Å²) in [4.78, 5) is 28.1. The van der Waals surface area contributed by atoms with Gasteiger partial charge in [-0.15, -0.1) is 0 Å². The fourth-order valence-electron chi connectivity index (χ4n) is 3.55. The van der Waals surface area contributed by atoms with Crippen molar-refractivity contribution in [1.29, 1.82) is 0 Å². The second kappa shape index (κ2) is 17.8. The Morgan fingerprint density at radius 1 is 0.767 bits per heavy atom. The van der Waals surface area contributed by atoms with Crippen LogP contribution in [-0.4, -0.2) is 17.0 Å². The smallest absolute Gasteiger partial charge is 0.339 e. The number of unbranched alkanes of at least 4 members (excludes halogenated alkanes) is 14. The number of carbonyl (C=O) groups excluding carboxylic acids is 1. The van der Waals surface area contributed by atoms with E-state index in [1.807, 2.05) is 0 Å². The largest absolute Gasteiger partial charge is 0.478 e. The summed E-state index contributed by atoms with van der Waals surface area (Å²) in [6.07, 6.45) is 19.7. The van der Waals surface area contributed by atoms with E-state index in [0.717, 1.165) is 19.3 Å². The number of nitrogens with one attached hydrogen (secondary N) is 1. The lowest BCUT2D eigenvalue weighted by molar-refractivity contribution is -0.127. The van der Waals surface area contributed by atoms with Gasteiger partial charge in [-0.05, 0) is 18.6 Å². The Labute approximate surface area is 182 Å². The molecule has 0 unspecified atom stereocenters. The van der Waals surface area contributed by atoms with Crippen LogP contribution in [0.15, 0.2) is 24.3 Å². The second-order valence-corrected chi connectivity index (χ2v) is 8.13. The number of carboxylic acid groups (broad SMARTS) is 1. The van der Waals surface area contributed by atoms with Gasteiger partial charge < -0.3 is 9.94 Å². The molecule has 170 valence electrons. The van der Waals surface area contributed by atoms with Crippen LogP contribution in [0.4, 0.5) is 0 Å². The lowest BCUT2D eigenvalue weighted by Crippen LogP contribution is -2.27. The van der Waals surface area contributed by atoms with Gasteiger partial charge in [0.25, 0.3) is 5.91 Å². The van der Waals surface area contributed by atoms with Gasteiger partial charge in [0.05, 0.1) is 0 Å². The van der Waals surface area contributed by atoms with Crippen LogP contribution in [0.5, 0.6) is 5.75 Å². The molecule has 5 heteroatoms. The minimum absolute atomic E-state index is 0.0322. The fraction of sp³-hybridized carbons (Fsp3) is 0.680. The molecule has 0 aliphatic carbocycles. The molecule has 0 spiro atoms. The van der Waals surface area contributed by atoms with Gasteiger partial charge in [-0.2, -0.15) is 5.48 Å². The highest BCUT2D eigenvalue weighted by molar-refractivity contribution is 5.90. The van der Waals surface area contributed by atoms with E-state index in [0.29, 0.717) is 6.42 Å². The zero-order valence-corrected chi connectivity index (χ0v) is 18.8. The molecule has 0 bridgehead atoms. The minimum atomic E-state index is -1.08. The van der Waals surface area contributed by atoms with Crippen LogP contribution in [0.25, 0.3) is 0 Å². The summed E-state index contributed by atoms with van der Waals surface area (Å²) in [5.74, 6) is -1.15. The van der Waals surface area contributed by atoms with Crippen LogP contribution >= 0.6 is 0 Å². The normalized spacial score (nSPS) is 10.7. The maximum absolute atomic E-state index is 11.8. The van der Waals surface area contributed by atoms with Crippen molar-refractivity contribution < 1.29 is 19.5 Å². The summed E-state index contributed by atoms with van der Waals surface area (Å²) in [7, 11) is 0. The molecule has 0 atom stereocenters. The molecular formula is C25H41NO4. The molecule has 0 aromatic heterocycles. The second-order valence-electron chi connectivity index (χ2n) is 8.13. The van der Waals surface area contributed by atoms with Crippen molar-refractivity contribution >= 4 is 11.9 Å². The molecule has 1 aromatic rings. The van der Waals surface area contributed by atoms with Gasteiger partial charge in [0.1, 0.15) is 5.56 Å². The number of benzene rings is 1. The monoisotopic (exact) mass is 419 g/mol. The molecule has 0 saturated heterocycles. The highest BCUT2D eigenvalue weighted by Crippen LogP contribution is 2.17. The summed E-state index contributed by atoms with van der Waals surface area (Å²) in [5.41, 5.74) is 2.37. The summed E-state index contributed by atoms with van der Waals surface area (Å²) in [5, 5.41) is 9.09. The molecule has 1 rings (SSSR count). The van der Waals surface area contributed by atoms with Gasteiger partial charge in [0, 0.05) is 6.42 Å². The van der Waals surface area contributed by atoms with E-state index in [-0.39, 0.29) is 17.2 Å². The Morgan fingerprint density at radius 3 is 1.73 bits per heavy atom. The van der Waals surface area contributed by atoms with Crippen molar-refractivity contribution in [2.45, 2.75) is 110 Å². The first-order valence-electron chi connectivity index (χ1n) is 11.9. The minimum Gasteiger partial charge on any atom is -0.478 e. The Balaban J connectivity index is 1.90. The van der Waals surface area contributed by atoms with Gasteiger partial charge in [-0.3, -0.25) is 4.79 Å². The van der Waals surface area contributed by atoms with Crippen LogP contribution in [0.3, 0.4) is 0 Å². The van der Waals surface area contributed by atoms with Gasteiger partial charge in [0.2, 0.25) is 0 Å². The van der Waals surface area contributed by atoms with Crippen LogP contribution in [0, 0.1) is 0 Å². The summed E-state index contributed by atoms with van der Waals surface area (Å²) < 4.78 is 0. The van der Waals surface area contributed by atoms with Crippen LogP contribution in [0.2, 0.25) is 0 Å². The molecule has 0 aliphatic heterocycles. The highest BCUT2D eigenvalue weighted by atomic mass is 16.7. The summed E-state index contributed by atoms with van der Waals surface area (Å²) in [6, 6.07) is 6.26. The van der Waals surface area contributed by atoms with Crippen molar-refractivity contribution in [3.05, 3.63) is 29.8 Å². The van der Waals surface area contributed by atoms with E-state index < -0.39 is 5.97 Å². The van der Waals surface area contributed by atoms with Crippen molar-refractivity contribution in [1.82, 2.24) is 5.48 Å². The third kappa shape index (κ3) is 13.2. The molecule has 0 saturated carbocycles. The molecule has 0 radical (unpaired) electrons. The SMILES string of the molecule is CCCCCCCCCCCCCCCCCC(=O)NOc1ccccc1C(=O)O. The lowest BCUT2D eigenvalue weighted by atomic mass is 10.0. The molecular weight excluding hydrogens is 378 g/mol. The molecule has 1 amide bonds. The van der Waals surface area contributed by atoms with Crippen LogP contribution < -0.4 is 10.3 Å². The first kappa shape index (κ1) is 26.0. The molecule has 5 nitrogen and oxygen atoms in total. The predicted molar refractivity (Wildman–Crippen MR) is 122 cm³/mol. The van der Waals surface area contributed by atoms with Crippen molar-refractivity contribution in [2.24, 2.45) is 0 Å². The topological polar surface area (TPSA) is 75.6 Å². The number of hydrogen-bond acceptors (Lipinski definition) is 3. The van der Waals surface area contributed by atoms with Gasteiger partial charge in [-0.1, -0.05) is 109 Å². The number of carboxylic acids is 1.